The van der Waals surface area contributed by atoms with Crippen molar-refractivity contribution in [3.8, 4) is 33.4 Å². The standard InChI is InChI=1S/C29H23F3O2/c1-17-14-18(2)24(19(3)15-17)26-23(28(33)34)16-22(20-10-6-4-7-11-20)27(29(30,31)32)25(26)21-12-8-5-9-13-21/h4-16H,1-3H3,(H,33,34)/p-1. The first kappa shape index (κ1) is 23.3. The molecule has 0 amide bonds. The number of alkyl halides is 3. The van der Waals surface area contributed by atoms with Gasteiger partial charge in [-0.25, -0.2) is 0 Å². The van der Waals surface area contributed by atoms with Gasteiger partial charge in [-0.2, -0.15) is 13.2 Å². The number of halogens is 3. The van der Waals surface area contributed by atoms with Gasteiger partial charge in [-0.05, 0) is 65.8 Å². The number of rotatable bonds is 4. The number of carbonyl (C=O) groups excluding carboxylic acids is 1. The fraction of sp³-hybridized carbons (Fsp3) is 0.138. The van der Waals surface area contributed by atoms with Crippen LogP contribution in [0.5, 0.6) is 0 Å². The highest BCUT2D eigenvalue weighted by atomic mass is 19.4. The largest absolute Gasteiger partial charge is 0.545 e. The Hall–Kier alpha value is -3.86. The van der Waals surface area contributed by atoms with Crippen molar-refractivity contribution in [2.45, 2.75) is 26.9 Å². The van der Waals surface area contributed by atoms with Crippen LogP contribution in [0.2, 0.25) is 0 Å². The van der Waals surface area contributed by atoms with Crippen LogP contribution in [0.3, 0.4) is 0 Å². The lowest BCUT2D eigenvalue weighted by molar-refractivity contribution is -0.255. The number of hydrogen-bond acceptors (Lipinski definition) is 2. The van der Waals surface area contributed by atoms with E-state index in [1.54, 1.807) is 74.5 Å². The summed E-state index contributed by atoms with van der Waals surface area (Å²) in [6.45, 7) is 5.45. The van der Waals surface area contributed by atoms with Gasteiger partial charge in [0.25, 0.3) is 0 Å². The van der Waals surface area contributed by atoms with Crippen LogP contribution in [0.4, 0.5) is 13.2 Å². The Balaban J connectivity index is 2.30. The summed E-state index contributed by atoms with van der Waals surface area (Å²) in [5, 5.41) is 12.4. The summed E-state index contributed by atoms with van der Waals surface area (Å²) in [5.41, 5.74) is 1.86. The molecule has 0 fully saturated rings. The molecule has 0 spiro atoms. The summed E-state index contributed by atoms with van der Waals surface area (Å²) in [6.07, 6.45) is -4.75. The van der Waals surface area contributed by atoms with E-state index in [0.29, 0.717) is 16.7 Å². The molecule has 4 aromatic rings. The number of carboxylic acid groups (broad SMARTS) is 1. The minimum Gasteiger partial charge on any atom is -0.545 e. The molecule has 0 aliphatic heterocycles. The summed E-state index contributed by atoms with van der Waals surface area (Å²) >= 11 is 0. The third-order valence-corrected chi connectivity index (χ3v) is 5.91. The first-order valence-electron chi connectivity index (χ1n) is 10.8. The second kappa shape index (κ2) is 8.82. The molecule has 172 valence electrons. The number of benzene rings is 4. The Morgan fingerprint density at radius 2 is 1.21 bits per heavy atom. The van der Waals surface area contributed by atoms with Crippen LogP contribution in [0.15, 0.2) is 78.9 Å². The Kier molecular flexibility index (Phi) is 6.05. The smallest absolute Gasteiger partial charge is 0.417 e. The Morgan fingerprint density at radius 1 is 0.706 bits per heavy atom. The van der Waals surface area contributed by atoms with E-state index in [0.717, 1.165) is 11.6 Å². The molecule has 0 saturated heterocycles. The molecule has 0 bridgehead atoms. The van der Waals surface area contributed by atoms with Crippen LogP contribution in [-0.2, 0) is 6.18 Å². The van der Waals surface area contributed by atoms with Crippen molar-refractivity contribution in [1.82, 2.24) is 0 Å². The molecular formula is C29H22F3O2-. The maximum Gasteiger partial charge on any atom is 0.417 e. The normalized spacial score (nSPS) is 11.5. The van der Waals surface area contributed by atoms with Crippen LogP contribution in [0, 0.1) is 20.8 Å². The summed E-state index contributed by atoms with van der Waals surface area (Å²) in [6, 6.07) is 20.9. The van der Waals surface area contributed by atoms with Gasteiger partial charge >= 0.3 is 6.18 Å². The molecule has 0 N–H and O–H groups in total. The average molecular weight is 459 g/mol. The second-order valence-corrected chi connectivity index (χ2v) is 8.39. The van der Waals surface area contributed by atoms with Crippen LogP contribution < -0.4 is 5.11 Å². The van der Waals surface area contributed by atoms with Crippen molar-refractivity contribution in [2.24, 2.45) is 0 Å². The summed E-state index contributed by atoms with van der Waals surface area (Å²) < 4.78 is 44.4. The molecule has 0 aliphatic carbocycles. The average Bonchev–Trinajstić information content (AvgIpc) is 2.78. The molecule has 4 rings (SSSR count). The zero-order chi connectivity index (χ0) is 24.6. The maximum atomic E-state index is 14.8. The molecular weight excluding hydrogens is 437 g/mol. The fourth-order valence-corrected chi connectivity index (χ4v) is 4.71. The Bertz CT molecular complexity index is 1350. The molecule has 34 heavy (non-hydrogen) atoms. The van der Waals surface area contributed by atoms with Gasteiger partial charge in [0.05, 0.1) is 11.5 Å². The molecule has 4 aromatic carbocycles. The first-order chi connectivity index (χ1) is 16.1. The van der Waals surface area contributed by atoms with E-state index in [4.69, 9.17) is 0 Å². The van der Waals surface area contributed by atoms with Gasteiger partial charge in [0.15, 0.2) is 0 Å². The molecule has 5 heteroatoms. The van der Waals surface area contributed by atoms with Crippen molar-refractivity contribution >= 4 is 5.97 Å². The number of aryl methyl sites for hydroxylation is 3. The Labute approximate surface area is 196 Å². The number of hydrogen-bond donors (Lipinski definition) is 0. The minimum atomic E-state index is -4.75. The zero-order valence-corrected chi connectivity index (χ0v) is 19.0. The van der Waals surface area contributed by atoms with Crippen LogP contribution in [0.25, 0.3) is 33.4 Å². The van der Waals surface area contributed by atoms with Gasteiger partial charge in [0.1, 0.15) is 0 Å². The second-order valence-electron chi connectivity index (χ2n) is 8.39. The Morgan fingerprint density at radius 3 is 1.68 bits per heavy atom. The van der Waals surface area contributed by atoms with Crippen molar-refractivity contribution in [2.75, 3.05) is 0 Å². The highest BCUT2D eigenvalue weighted by Gasteiger charge is 2.39. The van der Waals surface area contributed by atoms with E-state index in [-0.39, 0.29) is 33.4 Å². The zero-order valence-electron chi connectivity index (χ0n) is 19.0. The quantitative estimate of drug-likeness (QED) is 0.330. The van der Waals surface area contributed by atoms with Crippen molar-refractivity contribution < 1.29 is 23.1 Å². The molecule has 0 aromatic heterocycles. The van der Waals surface area contributed by atoms with Gasteiger partial charge in [-0.1, -0.05) is 78.4 Å². The SMILES string of the molecule is Cc1cc(C)c(-c2c(C(=O)[O-])cc(-c3ccccc3)c(C(F)(F)F)c2-c2ccccc2)c(C)c1. The summed E-state index contributed by atoms with van der Waals surface area (Å²) in [4.78, 5) is 12.4. The van der Waals surface area contributed by atoms with Gasteiger partial charge in [0.2, 0.25) is 0 Å². The lowest BCUT2D eigenvalue weighted by atomic mass is 9.80. The van der Waals surface area contributed by atoms with E-state index < -0.39 is 17.7 Å². The third kappa shape index (κ3) is 4.21. The number of carboxylic acids is 1. The molecule has 0 atom stereocenters. The van der Waals surface area contributed by atoms with E-state index >= 15 is 0 Å². The lowest BCUT2D eigenvalue weighted by Crippen LogP contribution is -2.25. The molecule has 2 nitrogen and oxygen atoms in total. The van der Waals surface area contributed by atoms with E-state index in [9.17, 15) is 23.1 Å². The van der Waals surface area contributed by atoms with Crippen LogP contribution >= 0.6 is 0 Å². The summed E-state index contributed by atoms with van der Waals surface area (Å²) in [7, 11) is 0. The third-order valence-electron chi connectivity index (χ3n) is 5.91. The van der Waals surface area contributed by atoms with Crippen molar-refractivity contribution in [3.05, 3.63) is 107 Å². The van der Waals surface area contributed by atoms with Crippen molar-refractivity contribution in [1.29, 1.82) is 0 Å². The predicted molar refractivity (Wildman–Crippen MR) is 126 cm³/mol. The molecule has 0 heterocycles. The minimum absolute atomic E-state index is 0.0215. The van der Waals surface area contributed by atoms with E-state index in [2.05, 4.69) is 0 Å². The fourth-order valence-electron chi connectivity index (χ4n) is 4.71. The lowest BCUT2D eigenvalue weighted by Gasteiger charge is -2.27. The van der Waals surface area contributed by atoms with Gasteiger partial charge < -0.3 is 9.90 Å². The molecule has 0 saturated carbocycles. The maximum absolute atomic E-state index is 14.8. The van der Waals surface area contributed by atoms with E-state index in [1.807, 2.05) is 19.1 Å². The molecule has 0 unspecified atom stereocenters. The molecule has 0 aliphatic rings. The highest BCUT2D eigenvalue weighted by Crippen LogP contribution is 2.50. The van der Waals surface area contributed by atoms with E-state index in [1.165, 1.54) is 0 Å². The van der Waals surface area contributed by atoms with Gasteiger partial charge in [0, 0.05) is 11.1 Å². The topological polar surface area (TPSA) is 40.1 Å². The summed E-state index contributed by atoms with van der Waals surface area (Å²) in [5.74, 6) is -1.53. The first-order valence-corrected chi connectivity index (χ1v) is 10.8. The van der Waals surface area contributed by atoms with Gasteiger partial charge in [-0.3, -0.25) is 0 Å². The van der Waals surface area contributed by atoms with Crippen LogP contribution in [0.1, 0.15) is 32.6 Å². The highest BCUT2D eigenvalue weighted by molar-refractivity contribution is 6.05. The monoisotopic (exact) mass is 459 g/mol. The number of aromatic carboxylic acids is 1. The van der Waals surface area contributed by atoms with Crippen molar-refractivity contribution in [3.63, 3.8) is 0 Å². The predicted octanol–water partition coefficient (Wildman–Crippen LogP) is 7.00. The van der Waals surface area contributed by atoms with Gasteiger partial charge in [-0.15, -0.1) is 0 Å². The van der Waals surface area contributed by atoms with Crippen LogP contribution in [-0.4, -0.2) is 5.97 Å². The molecule has 0 radical (unpaired) electrons. The number of carbonyl (C=O) groups is 1.